The fourth-order valence-corrected chi connectivity index (χ4v) is 3.19. The fraction of sp³-hybridized carbons (Fsp3) is 0.500. The summed E-state index contributed by atoms with van der Waals surface area (Å²) in [5.41, 5.74) is 0. The molecule has 0 radical (unpaired) electrons. The quantitative estimate of drug-likeness (QED) is 0.916. The smallest absolute Gasteiger partial charge is 0.154 e. The van der Waals surface area contributed by atoms with Crippen LogP contribution in [0.2, 0.25) is 0 Å². The van der Waals surface area contributed by atoms with Gasteiger partial charge < -0.3 is 5.32 Å². The molecule has 1 aromatic heterocycles. The Hall–Kier alpha value is -0.190. The van der Waals surface area contributed by atoms with Crippen LogP contribution in [0.3, 0.4) is 0 Å². The van der Waals surface area contributed by atoms with E-state index in [1.165, 1.54) is 0 Å². The van der Waals surface area contributed by atoms with E-state index in [4.69, 9.17) is 0 Å². The van der Waals surface area contributed by atoms with Crippen molar-refractivity contribution in [3.05, 3.63) is 20.8 Å². The van der Waals surface area contributed by atoms with Gasteiger partial charge in [0.05, 0.1) is 6.04 Å². The van der Waals surface area contributed by atoms with E-state index in [-0.39, 0.29) is 6.04 Å². The first-order chi connectivity index (χ1) is 6.77. The van der Waals surface area contributed by atoms with Crippen LogP contribution in [-0.2, 0) is 11.2 Å². The highest BCUT2D eigenvalue weighted by molar-refractivity contribution is 9.10. The minimum absolute atomic E-state index is 0.101. The second kappa shape index (κ2) is 4.55. The molecular weight excluding hydrogens is 262 g/mol. The monoisotopic (exact) mass is 273 g/mol. The van der Waals surface area contributed by atoms with E-state index in [0.717, 1.165) is 28.7 Å². The van der Waals surface area contributed by atoms with Gasteiger partial charge in [-0.2, -0.15) is 0 Å². The highest BCUT2D eigenvalue weighted by Gasteiger charge is 2.22. The summed E-state index contributed by atoms with van der Waals surface area (Å²) in [6.07, 6.45) is 2.69. The number of thiophene rings is 1. The van der Waals surface area contributed by atoms with Crippen LogP contribution in [0.1, 0.15) is 17.7 Å². The molecule has 0 bridgehead atoms. The highest BCUT2D eigenvalue weighted by Crippen LogP contribution is 2.24. The van der Waals surface area contributed by atoms with E-state index in [2.05, 4.69) is 21.2 Å². The molecule has 2 nitrogen and oxygen atoms in total. The van der Waals surface area contributed by atoms with Crippen LogP contribution in [0.5, 0.6) is 0 Å². The van der Waals surface area contributed by atoms with Gasteiger partial charge in [-0.05, 0) is 46.8 Å². The van der Waals surface area contributed by atoms with Crippen LogP contribution >= 0.6 is 27.3 Å². The zero-order chi connectivity index (χ0) is 9.97. The Labute approximate surface area is 95.8 Å². The molecule has 0 aromatic carbocycles. The van der Waals surface area contributed by atoms with Gasteiger partial charge in [0.2, 0.25) is 0 Å². The third kappa shape index (κ3) is 2.24. The average molecular weight is 274 g/mol. The van der Waals surface area contributed by atoms with E-state index >= 15 is 0 Å². The molecular formula is C10H12BrNOS. The Morgan fingerprint density at radius 2 is 2.57 bits per heavy atom. The van der Waals surface area contributed by atoms with Crippen LogP contribution in [-0.4, -0.2) is 18.4 Å². The molecule has 14 heavy (non-hydrogen) atoms. The summed E-state index contributed by atoms with van der Waals surface area (Å²) >= 11 is 5.08. The van der Waals surface area contributed by atoms with Crippen molar-refractivity contribution < 1.29 is 4.79 Å². The van der Waals surface area contributed by atoms with Crippen LogP contribution in [0.4, 0.5) is 0 Å². The van der Waals surface area contributed by atoms with Gasteiger partial charge in [0, 0.05) is 15.8 Å². The molecule has 0 aliphatic carbocycles. The maximum absolute atomic E-state index is 11.8. The minimum atomic E-state index is 0.101. The lowest BCUT2D eigenvalue weighted by atomic mass is 10.1. The van der Waals surface area contributed by atoms with Crippen LogP contribution in [0.15, 0.2) is 15.9 Å². The van der Waals surface area contributed by atoms with Crippen molar-refractivity contribution in [2.24, 2.45) is 0 Å². The second-order valence-corrected chi connectivity index (χ2v) is 5.34. The maximum atomic E-state index is 11.8. The largest absolute Gasteiger partial charge is 0.307 e. The lowest BCUT2D eigenvalue weighted by molar-refractivity contribution is -0.120. The zero-order valence-corrected chi connectivity index (χ0v) is 10.2. The van der Waals surface area contributed by atoms with Gasteiger partial charge >= 0.3 is 0 Å². The molecule has 1 fully saturated rings. The van der Waals surface area contributed by atoms with Crippen molar-refractivity contribution in [1.82, 2.24) is 5.32 Å². The zero-order valence-electron chi connectivity index (χ0n) is 7.75. The summed E-state index contributed by atoms with van der Waals surface area (Å²) in [4.78, 5) is 12.9. The van der Waals surface area contributed by atoms with Crippen molar-refractivity contribution in [1.29, 1.82) is 0 Å². The van der Waals surface area contributed by atoms with Crippen molar-refractivity contribution in [3.63, 3.8) is 0 Å². The Balaban J connectivity index is 1.97. The number of nitrogens with one attached hydrogen (secondary N) is 1. The summed E-state index contributed by atoms with van der Waals surface area (Å²) in [5.74, 6) is 0.325. The van der Waals surface area contributed by atoms with Crippen molar-refractivity contribution in [2.75, 3.05) is 6.54 Å². The Bertz CT molecular complexity index is 331. The van der Waals surface area contributed by atoms with E-state index in [1.807, 2.05) is 11.4 Å². The van der Waals surface area contributed by atoms with E-state index in [0.29, 0.717) is 12.2 Å². The number of Topliss-reactive ketones (excluding diaryl/α,β-unsaturated/α-hetero) is 1. The van der Waals surface area contributed by atoms with E-state index in [1.54, 1.807) is 11.3 Å². The molecule has 4 heteroatoms. The van der Waals surface area contributed by atoms with Crippen LogP contribution in [0, 0.1) is 0 Å². The molecule has 1 atom stereocenters. The van der Waals surface area contributed by atoms with Gasteiger partial charge in [-0.15, -0.1) is 11.3 Å². The van der Waals surface area contributed by atoms with Crippen molar-refractivity contribution in [2.45, 2.75) is 25.3 Å². The molecule has 1 aromatic rings. The predicted molar refractivity (Wildman–Crippen MR) is 61.8 cm³/mol. The summed E-state index contributed by atoms with van der Waals surface area (Å²) < 4.78 is 1.06. The third-order valence-corrected chi connectivity index (χ3v) is 4.40. The number of hydrogen-bond donors (Lipinski definition) is 1. The Kier molecular flexibility index (Phi) is 3.36. The Morgan fingerprint density at radius 1 is 1.71 bits per heavy atom. The standard InChI is InChI=1S/C10H12BrNOS/c11-7-3-5-14-10(7)6-9(13)8-2-1-4-12-8/h3,5,8,12H,1-2,4,6H2. The molecule has 1 unspecified atom stereocenters. The molecule has 0 amide bonds. The van der Waals surface area contributed by atoms with Crippen LogP contribution < -0.4 is 5.32 Å². The van der Waals surface area contributed by atoms with Gasteiger partial charge in [-0.1, -0.05) is 0 Å². The molecule has 1 saturated heterocycles. The third-order valence-electron chi connectivity index (χ3n) is 2.47. The van der Waals surface area contributed by atoms with Crippen molar-refractivity contribution in [3.8, 4) is 0 Å². The van der Waals surface area contributed by atoms with Gasteiger partial charge in [0.25, 0.3) is 0 Å². The number of halogens is 1. The molecule has 0 spiro atoms. The predicted octanol–water partition coefficient (Wildman–Crippen LogP) is 2.37. The highest BCUT2D eigenvalue weighted by atomic mass is 79.9. The van der Waals surface area contributed by atoms with Crippen LogP contribution in [0.25, 0.3) is 0 Å². The molecule has 1 N–H and O–H groups in total. The van der Waals surface area contributed by atoms with Gasteiger partial charge in [-0.3, -0.25) is 4.79 Å². The Morgan fingerprint density at radius 3 is 3.14 bits per heavy atom. The van der Waals surface area contributed by atoms with Gasteiger partial charge in [0.15, 0.2) is 5.78 Å². The first-order valence-electron chi connectivity index (χ1n) is 4.75. The van der Waals surface area contributed by atoms with E-state index in [9.17, 15) is 4.79 Å². The summed E-state index contributed by atoms with van der Waals surface area (Å²) in [7, 11) is 0. The molecule has 76 valence electrons. The second-order valence-electron chi connectivity index (χ2n) is 3.48. The number of carbonyl (C=O) groups excluding carboxylic acids is 1. The lowest BCUT2D eigenvalue weighted by Gasteiger charge is -2.07. The summed E-state index contributed by atoms with van der Waals surface area (Å²) in [6, 6.07) is 2.10. The molecule has 1 aliphatic heterocycles. The number of rotatable bonds is 3. The maximum Gasteiger partial charge on any atom is 0.154 e. The molecule has 1 aliphatic rings. The summed E-state index contributed by atoms with van der Waals surface area (Å²) in [5, 5.41) is 5.24. The van der Waals surface area contributed by atoms with Crippen molar-refractivity contribution >= 4 is 33.0 Å². The summed E-state index contributed by atoms with van der Waals surface area (Å²) in [6.45, 7) is 0.988. The van der Waals surface area contributed by atoms with E-state index < -0.39 is 0 Å². The normalized spacial score (nSPS) is 21.4. The number of carbonyl (C=O) groups is 1. The molecule has 2 heterocycles. The molecule has 2 rings (SSSR count). The van der Waals surface area contributed by atoms with Gasteiger partial charge in [0.1, 0.15) is 0 Å². The number of ketones is 1. The first kappa shape index (κ1) is 10.3. The average Bonchev–Trinajstić information content (AvgIpc) is 2.77. The lowest BCUT2D eigenvalue weighted by Crippen LogP contribution is -2.31. The van der Waals surface area contributed by atoms with Gasteiger partial charge in [-0.25, -0.2) is 0 Å². The first-order valence-corrected chi connectivity index (χ1v) is 6.42. The minimum Gasteiger partial charge on any atom is -0.307 e. The number of hydrogen-bond acceptors (Lipinski definition) is 3. The molecule has 0 saturated carbocycles. The topological polar surface area (TPSA) is 29.1 Å². The SMILES string of the molecule is O=C(Cc1sccc1Br)C1CCCN1. The fourth-order valence-electron chi connectivity index (χ4n) is 1.69.